The number of fused-ring (bicyclic) bond motifs is 4. The summed E-state index contributed by atoms with van der Waals surface area (Å²) in [5.74, 6) is 10.5. The van der Waals surface area contributed by atoms with E-state index in [0.29, 0.717) is 69.6 Å². The standard InChI is InChI=1S/C33H33N2O3P.C29H23N2O3P.C29H25N2O3P.C26H22N2O3P.4Os/c1-24(2)30-19-12-20-31(25(3)4)32(30)35-22-21-34-33(35)26-13-11-18-29(23-26)38-39(36-27-14-7-5-8-15-27)37-28-16-9-6-10-17-28;1-20-11-10-12-21(2)28(20)31-19-27(30-29(31)22-13-4-3-5-14-22)34-35-32-25-17-8-6-15-23(25)24-16-7-9-18-26(24)33-35;1-22-13-12-14-23(2)28(22)31-21-27(30-29(31)24-15-6-3-7-16-24)34-35(32-25-17-8-4-9-18-25)33-26-19-10-5-11-20-26;1-27-20-28(26-18-9-8-17-25(26)27)21-11-10-16-24(19-21)31-32(29-22-12-4-2-5-13-22)30-23-14-6-3-7-15-23;;;;/h5-22,24-25,39H,1-4H3;3-13,15-19,35H,1-2H3;3-15,17-21,35H,1-2H3;2-18,20,32H,1H3;;;;/q;;;-1;3*+1;+2. The summed E-state index contributed by atoms with van der Waals surface area (Å²) in [7, 11) is -6.90. The third-order valence-electron chi connectivity index (χ3n) is 22.6. The fraction of sp³-hybridized carbons (Fsp3) is 0.0940. The molecule has 16 aromatic carbocycles. The Morgan fingerprint density at radius 1 is 0.338 bits per heavy atom. The van der Waals surface area contributed by atoms with Gasteiger partial charge in [-0.05, 0) is 177 Å². The Kier molecular flexibility index (Phi) is 38.8. The molecular weight excluding hydrogens is 2590 g/mol. The summed E-state index contributed by atoms with van der Waals surface area (Å²) in [6, 6.07) is 141. The molecule has 21 rings (SSSR count). The van der Waals surface area contributed by atoms with Crippen LogP contribution in [0.5, 0.6) is 69.3 Å². The Bertz CT molecular complexity index is 6960. The minimum Gasteiger partial charge on any atom is -0.504 e. The minimum absolute atomic E-state index is 0. The molecule has 0 saturated carbocycles. The average Bonchev–Trinajstić information content (AvgIpc) is 1.70. The summed E-state index contributed by atoms with van der Waals surface area (Å²) in [6.07, 6.45) is 7.65. The van der Waals surface area contributed by atoms with Crippen molar-refractivity contribution < 1.29 is 133 Å². The number of hydrogen-bond donors (Lipinski definition) is 0. The molecule has 0 amide bonds. The predicted molar refractivity (Wildman–Crippen MR) is 569 cm³/mol. The van der Waals surface area contributed by atoms with E-state index in [-0.39, 0.29) is 79.2 Å². The molecule has 0 aliphatic carbocycles. The van der Waals surface area contributed by atoms with Gasteiger partial charge in [0.25, 0.3) is 11.8 Å². The summed E-state index contributed by atoms with van der Waals surface area (Å²) in [6.45, 7) is 19.3. The van der Waals surface area contributed by atoms with E-state index in [0.717, 1.165) is 107 Å². The van der Waals surface area contributed by atoms with Crippen LogP contribution in [0.15, 0.2) is 419 Å². The van der Waals surface area contributed by atoms with E-state index in [4.69, 9.17) is 69.2 Å². The van der Waals surface area contributed by atoms with Crippen molar-refractivity contribution in [2.24, 2.45) is 0 Å². The molecular formula is C117H103N8O12Os4P4+4. The molecule has 19 aromatic rings. The number of rotatable bonds is 29. The van der Waals surface area contributed by atoms with Crippen molar-refractivity contribution in [2.75, 3.05) is 16.8 Å². The van der Waals surface area contributed by atoms with E-state index in [1.807, 2.05) is 366 Å². The van der Waals surface area contributed by atoms with Crippen molar-refractivity contribution in [1.29, 1.82) is 0 Å². The molecule has 0 bridgehead atoms. The second-order valence-electron chi connectivity index (χ2n) is 33.3. The smallest absolute Gasteiger partial charge is 0.504 e. The van der Waals surface area contributed by atoms with E-state index < -0.39 is 34.4 Å². The number of anilines is 3. The molecule has 20 nitrogen and oxygen atoms in total. The van der Waals surface area contributed by atoms with Crippen molar-refractivity contribution in [1.82, 2.24) is 28.7 Å². The maximum atomic E-state index is 6.30. The number of para-hydroxylation sites is 13. The van der Waals surface area contributed by atoms with E-state index in [9.17, 15) is 0 Å². The van der Waals surface area contributed by atoms with Crippen molar-refractivity contribution in [3.63, 3.8) is 0 Å². The molecule has 2 aliphatic rings. The van der Waals surface area contributed by atoms with Crippen molar-refractivity contribution >= 4 is 51.5 Å². The Morgan fingerprint density at radius 2 is 0.697 bits per heavy atom. The van der Waals surface area contributed by atoms with Crippen LogP contribution < -0.4 is 64.1 Å². The number of nitrogens with zero attached hydrogens (tertiary/aromatic N) is 8. The monoisotopic (exact) mass is 2700 g/mol. The number of benzene rings is 16. The minimum atomic E-state index is -2.27. The van der Waals surface area contributed by atoms with Crippen molar-refractivity contribution in [3.8, 4) is 132 Å². The summed E-state index contributed by atoms with van der Waals surface area (Å²) < 4.78 is 80.5. The van der Waals surface area contributed by atoms with Crippen LogP contribution in [0, 0.1) is 58.6 Å². The Balaban J connectivity index is 0.000000152. The van der Waals surface area contributed by atoms with Crippen LogP contribution >= 0.6 is 34.4 Å². The van der Waals surface area contributed by atoms with Gasteiger partial charge in [0.2, 0.25) is 0 Å². The maximum absolute atomic E-state index is 6.30. The molecule has 5 heterocycles. The summed E-state index contributed by atoms with van der Waals surface area (Å²) in [5.41, 5.74) is 18.1. The fourth-order valence-electron chi connectivity index (χ4n) is 16.0. The normalized spacial score (nSPS) is 11.5. The molecule has 0 saturated heterocycles. The Labute approximate surface area is 904 Å². The Hall–Kier alpha value is -13.4. The summed E-state index contributed by atoms with van der Waals surface area (Å²) >= 11 is 0. The molecule has 2 aliphatic heterocycles. The number of aromatic nitrogens is 6. The van der Waals surface area contributed by atoms with Crippen LogP contribution in [0.3, 0.4) is 0 Å². The number of imidazole rings is 3. The van der Waals surface area contributed by atoms with Gasteiger partial charge in [-0.1, -0.05) is 252 Å². The van der Waals surface area contributed by atoms with Crippen LogP contribution in [-0.4, -0.2) is 35.7 Å². The first kappa shape index (κ1) is 107. The van der Waals surface area contributed by atoms with Gasteiger partial charge in [-0.3, -0.25) is 54.7 Å². The van der Waals surface area contributed by atoms with Crippen LogP contribution in [-0.2, 0) is 79.2 Å². The summed E-state index contributed by atoms with van der Waals surface area (Å²) in [5, 5.41) is 0. The maximum Gasteiger partial charge on any atom is 2.00 e. The summed E-state index contributed by atoms with van der Waals surface area (Å²) in [4.78, 5) is 18.6. The predicted octanol–water partition coefficient (Wildman–Crippen LogP) is 30.6. The first-order valence-electron chi connectivity index (χ1n) is 46.1. The molecule has 731 valence electrons. The third-order valence-corrected chi connectivity index (χ3v) is 27.3. The number of aryl methyl sites for hydroxylation is 4. The van der Waals surface area contributed by atoms with Crippen LogP contribution in [0.2, 0.25) is 0 Å². The van der Waals surface area contributed by atoms with Gasteiger partial charge < -0.3 is 28.0 Å². The number of hydrogen-bond acceptors (Lipinski definition) is 17. The molecule has 3 radical (unpaired) electrons. The van der Waals surface area contributed by atoms with Gasteiger partial charge in [-0.15, -0.1) is 113 Å². The van der Waals surface area contributed by atoms with E-state index in [2.05, 4.69) is 170 Å². The molecule has 0 fully saturated rings. The van der Waals surface area contributed by atoms with Crippen LogP contribution in [0.25, 0.3) is 62.4 Å². The van der Waals surface area contributed by atoms with E-state index in [1.165, 1.54) is 16.8 Å². The van der Waals surface area contributed by atoms with Gasteiger partial charge in [0, 0.05) is 52.0 Å². The first-order valence-corrected chi connectivity index (χ1v) is 51.0. The molecule has 145 heavy (non-hydrogen) atoms. The van der Waals surface area contributed by atoms with Gasteiger partial charge in [-0.25, -0.2) is 9.97 Å². The van der Waals surface area contributed by atoms with E-state index in [1.54, 1.807) is 0 Å². The fourth-order valence-corrected chi connectivity index (χ4v) is 20.3. The van der Waals surface area contributed by atoms with Crippen LogP contribution in [0.1, 0.15) is 72.9 Å². The van der Waals surface area contributed by atoms with Crippen molar-refractivity contribution in [3.05, 3.63) is 483 Å². The molecule has 28 heteroatoms. The zero-order valence-electron chi connectivity index (χ0n) is 80.5. The molecule has 0 atom stereocenters. The molecule has 0 N–H and O–H groups in total. The first-order chi connectivity index (χ1) is 69.1. The van der Waals surface area contributed by atoms with Gasteiger partial charge in [0.05, 0.1) is 35.6 Å². The topological polar surface area (TPSA) is 171 Å². The SMILES string of the molecule is CC(C)c1cccc(C(C)C)c1-n1ccnc1-c1[c-]c(O[PH+](Oc2ccccc2)Oc2ccccc2)ccc1.CN1[CH-]N(c2[c-]c(O[PH+](Oc3ccccc3)Oc3ccccc3)ccc2)c2ccccc21.Cc1cccc(C)c1-n1cc(O[PH+](Oc2ccccc2)Oc2ccccc2)nc1-c1[c-]cccc1.Cc1cccc(C)c1-n1cc(O[PH+]2Oc3ccccc3-c3ccccc3O2)nc1-c1[c-]cccc1.[Os+2].[Os+].[Os+].[Os+]. The quantitative estimate of drug-likeness (QED) is 0.0320. The Morgan fingerprint density at radius 3 is 1.12 bits per heavy atom. The zero-order valence-corrected chi connectivity index (χ0v) is 94.6. The van der Waals surface area contributed by atoms with Crippen LogP contribution in [0.4, 0.5) is 17.1 Å². The molecule has 0 unspecified atom stereocenters. The largest absolute Gasteiger partial charge is 2.00 e. The second-order valence-corrected chi connectivity index (χ2v) is 37.8. The average molecular weight is 2700 g/mol. The van der Waals surface area contributed by atoms with Gasteiger partial charge in [0.1, 0.15) is 5.75 Å². The van der Waals surface area contributed by atoms with Gasteiger partial charge >= 0.3 is 114 Å². The molecule has 0 spiro atoms. The third kappa shape index (κ3) is 27.6. The zero-order chi connectivity index (χ0) is 96.8. The van der Waals surface area contributed by atoms with Gasteiger partial charge in [0.15, 0.2) is 46.0 Å². The molecule has 3 aromatic heterocycles. The van der Waals surface area contributed by atoms with Gasteiger partial charge in [-0.2, -0.15) is 12.7 Å². The second kappa shape index (κ2) is 52.4. The van der Waals surface area contributed by atoms with Crippen molar-refractivity contribution in [2.45, 2.75) is 67.2 Å². The van der Waals surface area contributed by atoms with E-state index >= 15 is 0 Å².